The fraction of sp³-hybridized carbons (Fsp3) is 0. The molecule has 8 heteroatoms. The molecule has 3 aromatic rings. The van der Waals surface area contributed by atoms with Crippen molar-refractivity contribution in [3.8, 4) is 0 Å². The molecule has 0 saturated carbocycles. The highest BCUT2D eigenvalue weighted by molar-refractivity contribution is 5.88. The lowest BCUT2D eigenvalue weighted by Crippen LogP contribution is -1.93. The van der Waals surface area contributed by atoms with E-state index in [9.17, 15) is 20.2 Å². The standard InChI is InChI=1S/C20H14N4O4/c25-23(26)19-10-3-1-6-15(19)13-21-17-8-5-9-18(12-17)22-14-16-7-2-4-11-20(16)24(27)28/h1-14H. The molecular weight excluding hydrogens is 360 g/mol. The van der Waals surface area contributed by atoms with E-state index in [4.69, 9.17) is 0 Å². The van der Waals surface area contributed by atoms with Crippen molar-refractivity contribution in [1.82, 2.24) is 0 Å². The van der Waals surface area contributed by atoms with Gasteiger partial charge in [-0.15, -0.1) is 0 Å². The second-order valence-electron chi connectivity index (χ2n) is 5.67. The van der Waals surface area contributed by atoms with Gasteiger partial charge in [0.25, 0.3) is 11.4 Å². The minimum absolute atomic E-state index is 0.0307. The van der Waals surface area contributed by atoms with Crippen LogP contribution in [0.15, 0.2) is 82.8 Å². The fourth-order valence-corrected chi connectivity index (χ4v) is 2.47. The van der Waals surface area contributed by atoms with Crippen molar-refractivity contribution < 1.29 is 9.85 Å². The summed E-state index contributed by atoms with van der Waals surface area (Å²) in [6, 6.07) is 19.5. The Kier molecular flexibility index (Phi) is 5.61. The smallest absolute Gasteiger partial charge is 0.258 e. The molecule has 3 rings (SSSR count). The number of nitrogens with zero attached hydrogens (tertiary/aromatic N) is 4. The molecule has 0 fully saturated rings. The topological polar surface area (TPSA) is 111 Å². The first-order valence-corrected chi connectivity index (χ1v) is 8.19. The molecule has 0 aliphatic rings. The Balaban J connectivity index is 1.84. The zero-order valence-electron chi connectivity index (χ0n) is 14.5. The maximum Gasteiger partial charge on any atom is 0.278 e. The van der Waals surface area contributed by atoms with Gasteiger partial charge < -0.3 is 0 Å². The van der Waals surface area contributed by atoms with Gasteiger partial charge in [0, 0.05) is 24.6 Å². The first-order valence-electron chi connectivity index (χ1n) is 8.19. The number of nitro benzene ring substituents is 2. The molecule has 0 spiro atoms. The van der Waals surface area contributed by atoms with Gasteiger partial charge in [0.15, 0.2) is 0 Å². The number of hydrogen-bond donors (Lipinski definition) is 0. The van der Waals surface area contributed by atoms with Crippen LogP contribution in [0.5, 0.6) is 0 Å². The SMILES string of the molecule is O=[N+]([O-])c1ccccc1C=Nc1cccc(N=Cc2ccccc2[N+](=O)[O-])c1. The van der Waals surface area contributed by atoms with E-state index in [1.165, 1.54) is 24.6 Å². The number of benzene rings is 3. The van der Waals surface area contributed by atoms with Crippen molar-refractivity contribution in [2.75, 3.05) is 0 Å². The van der Waals surface area contributed by atoms with Crippen LogP contribution in [0.3, 0.4) is 0 Å². The van der Waals surface area contributed by atoms with Crippen LogP contribution >= 0.6 is 0 Å². The van der Waals surface area contributed by atoms with Gasteiger partial charge in [-0.3, -0.25) is 30.2 Å². The normalized spacial score (nSPS) is 11.1. The monoisotopic (exact) mass is 374 g/mol. The zero-order chi connectivity index (χ0) is 19.9. The van der Waals surface area contributed by atoms with Gasteiger partial charge >= 0.3 is 0 Å². The molecule has 8 nitrogen and oxygen atoms in total. The predicted molar refractivity (Wildman–Crippen MR) is 107 cm³/mol. The molecule has 0 atom stereocenters. The van der Waals surface area contributed by atoms with E-state index in [1.54, 1.807) is 60.7 Å². The summed E-state index contributed by atoms with van der Waals surface area (Å²) >= 11 is 0. The van der Waals surface area contributed by atoms with Gasteiger partial charge in [-0.2, -0.15) is 0 Å². The second kappa shape index (κ2) is 8.45. The third-order valence-electron chi connectivity index (χ3n) is 3.80. The van der Waals surface area contributed by atoms with Crippen molar-refractivity contribution in [3.63, 3.8) is 0 Å². The Morgan fingerprint density at radius 2 is 1.07 bits per heavy atom. The van der Waals surface area contributed by atoms with Crippen LogP contribution in [-0.2, 0) is 0 Å². The van der Waals surface area contributed by atoms with Gasteiger partial charge in [0.05, 0.1) is 32.3 Å². The lowest BCUT2D eigenvalue weighted by Gasteiger charge is -1.99. The summed E-state index contributed by atoms with van der Waals surface area (Å²) in [5.41, 5.74) is 1.82. The number of nitro groups is 2. The lowest BCUT2D eigenvalue weighted by molar-refractivity contribution is -0.385. The molecule has 0 N–H and O–H groups in total. The Hall–Kier alpha value is -4.20. The third-order valence-corrected chi connectivity index (χ3v) is 3.80. The highest BCUT2D eigenvalue weighted by atomic mass is 16.6. The molecule has 0 aliphatic carbocycles. The maximum absolute atomic E-state index is 11.1. The van der Waals surface area contributed by atoms with E-state index in [1.807, 2.05) is 0 Å². The minimum atomic E-state index is -0.463. The average Bonchev–Trinajstić information content (AvgIpc) is 2.71. The molecule has 0 amide bonds. The van der Waals surface area contributed by atoms with Crippen molar-refractivity contribution in [3.05, 3.63) is 104 Å². The fourth-order valence-electron chi connectivity index (χ4n) is 2.47. The van der Waals surface area contributed by atoms with Crippen LogP contribution in [0.25, 0.3) is 0 Å². The van der Waals surface area contributed by atoms with Gasteiger partial charge in [0.2, 0.25) is 0 Å². The molecular formula is C20H14N4O4. The first-order chi connectivity index (χ1) is 13.5. The van der Waals surface area contributed by atoms with E-state index >= 15 is 0 Å². The number of rotatable bonds is 6. The Morgan fingerprint density at radius 1 is 0.643 bits per heavy atom. The highest BCUT2D eigenvalue weighted by Crippen LogP contribution is 2.23. The molecule has 3 aromatic carbocycles. The number of hydrogen-bond acceptors (Lipinski definition) is 6. The summed E-state index contributed by atoms with van der Waals surface area (Å²) in [6.45, 7) is 0. The van der Waals surface area contributed by atoms with E-state index in [0.29, 0.717) is 22.5 Å². The summed E-state index contributed by atoms with van der Waals surface area (Å²) < 4.78 is 0. The largest absolute Gasteiger partial charge is 0.278 e. The quantitative estimate of drug-likeness (QED) is 0.343. The lowest BCUT2D eigenvalue weighted by atomic mass is 10.2. The predicted octanol–water partition coefficient (Wildman–Crippen LogP) is 5.00. The first kappa shape index (κ1) is 18.6. The molecule has 0 radical (unpaired) electrons. The van der Waals surface area contributed by atoms with Crippen LogP contribution in [0.2, 0.25) is 0 Å². The van der Waals surface area contributed by atoms with Crippen molar-refractivity contribution in [2.45, 2.75) is 0 Å². The summed E-state index contributed by atoms with van der Waals surface area (Å²) in [4.78, 5) is 29.7. The third kappa shape index (κ3) is 4.50. The van der Waals surface area contributed by atoms with Crippen LogP contribution in [-0.4, -0.2) is 22.3 Å². The van der Waals surface area contributed by atoms with Crippen molar-refractivity contribution in [2.24, 2.45) is 9.98 Å². The molecule has 0 unspecified atom stereocenters. The van der Waals surface area contributed by atoms with Crippen LogP contribution in [0, 0.1) is 20.2 Å². The van der Waals surface area contributed by atoms with Crippen LogP contribution in [0.1, 0.15) is 11.1 Å². The van der Waals surface area contributed by atoms with Crippen LogP contribution in [0.4, 0.5) is 22.7 Å². The number of para-hydroxylation sites is 2. The van der Waals surface area contributed by atoms with Gasteiger partial charge in [-0.1, -0.05) is 30.3 Å². The maximum atomic E-state index is 11.1. The average molecular weight is 374 g/mol. The summed E-state index contributed by atoms with van der Waals surface area (Å²) in [5, 5.41) is 22.1. The molecule has 0 aromatic heterocycles. The minimum Gasteiger partial charge on any atom is -0.258 e. The molecule has 0 heterocycles. The summed E-state index contributed by atoms with van der Waals surface area (Å²) in [6.07, 6.45) is 2.84. The van der Waals surface area contributed by atoms with E-state index in [0.717, 1.165) is 0 Å². The Bertz CT molecular complexity index is 1010. The molecule has 0 bridgehead atoms. The van der Waals surface area contributed by atoms with E-state index in [2.05, 4.69) is 9.98 Å². The molecule has 28 heavy (non-hydrogen) atoms. The van der Waals surface area contributed by atoms with Gasteiger partial charge in [-0.05, 0) is 30.3 Å². The van der Waals surface area contributed by atoms with E-state index in [-0.39, 0.29) is 11.4 Å². The van der Waals surface area contributed by atoms with Crippen LogP contribution < -0.4 is 0 Å². The summed E-state index contributed by atoms with van der Waals surface area (Å²) in [5.74, 6) is 0. The molecule has 0 aliphatic heterocycles. The summed E-state index contributed by atoms with van der Waals surface area (Å²) in [7, 11) is 0. The van der Waals surface area contributed by atoms with Gasteiger partial charge in [0.1, 0.15) is 0 Å². The van der Waals surface area contributed by atoms with Crippen molar-refractivity contribution in [1.29, 1.82) is 0 Å². The molecule has 0 saturated heterocycles. The zero-order valence-corrected chi connectivity index (χ0v) is 14.5. The Morgan fingerprint density at radius 3 is 1.50 bits per heavy atom. The van der Waals surface area contributed by atoms with E-state index < -0.39 is 9.85 Å². The number of aliphatic imine (C=N–C) groups is 2. The highest BCUT2D eigenvalue weighted by Gasteiger charge is 2.11. The second-order valence-corrected chi connectivity index (χ2v) is 5.67. The van der Waals surface area contributed by atoms with Gasteiger partial charge in [-0.25, -0.2) is 0 Å². The van der Waals surface area contributed by atoms with Crippen molar-refractivity contribution >= 4 is 35.2 Å². The molecule has 138 valence electrons. The Labute approximate surface area is 159 Å².